The second-order valence-corrected chi connectivity index (χ2v) is 4.41. The first-order valence-electron chi connectivity index (χ1n) is 5.21. The van der Waals surface area contributed by atoms with Crippen LogP contribution in [0.4, 0.5) is 0 Å². The largest absolute Gasteiger partial charge is 0.390 e. The molecule has 1 aromatic heterocycles. The molecule has 0 radical (unpaired) electrons. The maximum atomic E-state index is 9.88. The minimum atomic E-state index is -0.629. The smallest absolute Gasteiger partial charge is 0.0673 e. The van der Waals surface area contributed by atoms with E-state index in [1.807, 2.05) is 30.8 Å². The Hall–Kier alpha value is -0.830. The van der Waals surface area contributed by atoms with E-state index >= 15 is 0 Å². The Morgan fingerprint density at radius 1 is 1.57 bits per heavy atom. The highest BCUT2D eigenvalue weighted by molar-refractivity contribution is 5.03. The van der Waals surface area contributed by atoms with Crippen LogP contribution >= 0.6 is 0 Å². The molecule has 1 rings (SSSR count). The van der Waals surface area contributed by atoms with Gasteiger partial charge in [0.1, 0.15) is 0 Å². The Bertz CT molecular complexity index is 289. The van der Waals surface area contributed by atoms with Gasteiger partial charge in [0.05, 0.1) is 11.3 Å². The van der Waals surface area contributed by atoms with E-state index < -0.39 is 5.60 Å². The van der Waals surface area contributed by atoms with E-state index in [-0.39, 0.29) is 0 Å². The zero-order valence-electron chi connectivity index (χ0n) is 9.49. The molecule has 0 fully saturated rings. The molecule has 1 atom stereocenters. The van der Waals surface area contributed by atoms with E-state index in [4.69, 9.17) is 0 Å². The average Bonchev–Trinajstić information content (AvgIpc) is 2.52. The van der Waals surface area contributed by atoms with Crippen molar-refractivity contribution in [3.63, 3.8) is 0 Å². The summed E-state index contributed by atoms with van der Waals surface area (Å²) in [5.74, 6) is 0. The van der Waals surface area contributed by atoms with Crippen LogP contribution in [0.1, 0.15) is 45.9 Å². The van der Waals surface area contributed by atoms with Gasteiger partial charge in [0.25, 0.3) is 0 Å². The van der Waals surface area contributed by atoms with Crippen LogP contribution in [0.2, 0.25) is 0 Å². The summed E-state index contributed by atoms with van der Waals surface area (Å²) < 4.78 is 1.92. The van der Waals surface area contributed by atoms with Gasteiger partial charge < -0.3 is 5.11 Å². The molecule has 80 valence electrons. The maximum Gasteiger partial charge on any atom is 0.0673 e. The summed E-state index contributed by atoms with van der Waals surface area (Å²) in [6.07, 6.45) is 3.34. The molecule has 1 N–H and O–H groups in total. The van der Waals surface area contributed by atoms with Crippen molar-refractivity contribution in [1.29, 1.82) is 0 Å². The lowest BCUT2D eigenvalue weighted by Gasteiger charge is -2.19. The van der Waals surface area contributed by atoms with E-state index in [1.54, 1.807) is 0 Å². The molecule has 1 unspecified atom stereocenters. The highest BCUT2D eigenvalue weighted by Gasteiger charge is 2.19. The molecular formula is C11H20N2O. The number of hydrogen-bond donors (Lipinski definition) is 1. The van der Waals surface area contributed by atoms with Gasteiger partial charge in [-0.3, -0.25) is 4.68 Å². The Morgan fingerprint density at radius 2 is 2.21 bits per heavy atom. The fourth-order valence-electron chi connectivity index (χ4n) is 1.27. The van der Waals surface area contributed by atoms with Crippen LogP contribution in [0, 0.1) is 0 Å². The number of aromatic nitrogens is 2. The lowest BCUT2D eigenvalue weighted by Crippen LogP contribution is -2.26. The quantitative estimate of drug-likeness (QED) is 0.801. The molecule has 0 aliphatic rings. The molecule has 0 aromatic carbocycles. The van der Waals surface area contributed by atoms with Crippen LogP contribution in [-0.2, 0) is 6.42 Å². The Morgan fingerprint density at radius 3 is 2.64 bits per heavy atom. The predicted octanol–water partition coefficient (Wildman–Crippen LogP) is 2.17. The third-order valence-corrected chi connectivity index (χ3v) is 2.52. The molecule has 0 bridgehead atoms. The monoisotopic (exact) mass is 196 g/mol. The Kier molecular flexibility index (Phi) is 3.32. The molecule has 0 spiro atoms. The summed E-state index contributed by atoms with van der Waals surface area (Å²) in [6.45, 7) is 8.02. The lowest BCUT2D eigenvalue weighted by molar-refractivity contribution is 0.0553. The lowest BCUT2D eigenvalue weighted by atomic mass is 9.97. The van der Waals surface area contributed by atoms with Crippen molar-refractivity contribution in [3.05, 3.63) is 18.0 Å². The highest BCUT2D eigenvalue weighted by atomic mass is 16.3. The normalized spacial score (nSPS) is 15.9. The zero-order valence-corrected chi connectivity index (χ0v) is 9.49. The van der Waals surface area contributed by atoms with Crippen molar-refractivity contribution in [2.45, 2.75) is 52.2 Å². The van der Waals surface area contributed by atoms with E-state index in [0.717, 1.165) is 12.1 Å². The number of rotatable bonds is 4. The predicted molar refractivity (Wildman–Crippen MR) is 57.2 cm³/mol. The molecule has 1 heterocycles. The van der Waals surface area contributed by atoms with E-state index in [2.05, 4.69) is 18.9 Å². The maximum absolute atomic E-state index is 9.88. The van der Waals surface area contributed by atoms with Crippen molar-refractivity contribution in [2.75, 3.05) is 0 Å². The molecule has 0 saturated heterocycles. The fraction of sp³-hybridized carbons (Fsp3) is 0.727. The fourth-order valence-corrected chi connectivity index (χ4v) is 1.27. The molecule has 3 heteroatoms. The molecule has 0 saturated carbocycles. The molecular weight excluding hydrogens is 176 g/mol. The third kappa shape index (κ3) is 2.84. The van der Waals surface area contributed by atoms with Crippen LogP contribution in [0.15, 0.2) is 12.3 Å². The van der Waals surface area contributed by atoms with Crippen molar-refractivity contribution in [2.24, 2.45) is 0 Å². The summed E-state index contributed by atoms with van der Waals surface area (Å²) in [6, 6.07) is 2.36. The van der Waals surface area contributed by atoms with E-state index in [0.29, 0.717) is 12.5 Å². The number of aliphatic hydroxyl groups is 1. The number of hydrogen-bond acceptors (Lipinski definition) is 2. The van der Waals surface area contributed by atoms with Crippen molar-refractivity contribution in [1.82, 2.24) is 9.78 Å². The van der Waals surface area contributed by atoms with Gasteiger partial charge in [-0.1, -0.05) is 6.92 Å². The molecule has 3 nitrogen and oxygen atoms in total. The van der Waals surface area contributed by atoms with Gasteiger partial charge in [0, 0.05) is 18.7 Å². The summed E-state index contributed by atoms with van der Waals surface area (Å²) >= 11 is 0. The second kappa shape index (κ2) is 4.13. The Labute approximate surface area is 85.8 Å². The van der Waals surface area contributed by atoms with Gasteiger partial charge in [0.15, 0.2) is 0 Å². The van der Waals surface area contributed by atoms with Crippen LogP contribution in [0.5, 0.6) is 0 Å². The molecule has 1 aromatic rings. The first-order valence-corrected chi connectivity index (χ1v) is 5.21. The van der Waals surface area contributed by atoms with Gasteiger partial charge in [0.2, 0.25) is 0 Å². The minimum absolute atomic E-state index is 0.385. The molecule has 0 amide bonds. The van der Waals surface area contributed by atoms with E-state index in [1.165, 1.54) is 0 Å². The van der Waals surface area contributed by atoms with Gasteiger partial charge in [-0.2, -0.15) is 5.10 Å². The van der Waals surface area contributed by atoms with Crippen LogP contribution in [0.3, 0.4) is 0 Å². The van der Waals surface area contributed by atoms with Crippen molar-refractivity contribution < 1.29 is 5.11 Å². The third-order valence-electron chi connectivity index (χ3n) is 2.52. The van der Waals surface area contributed by atoms with Gasteiger partial charge in [-0.15, -0.1) is 0 Å². The summed E-state index contributed by atoms with van der Waals surface area (Å²) in [5, 5.41) is 14.3. The Balaban J connectivity index is 2.69. The van der Waals surface area contributed by atoms with Crippen molar-refractivity contribution >= 4 is 0 Å². The molecule has 0 aliphatic heterocycles. The first kappa shape index (κ1) is 11.2. The number of nitrogens with zero attached hydrogens (tertiary/aromatic N) is 2. The second-order valence-electron chi connectivity index (χ2n) is 4.41. The highest BCUT2D eigenvalue weighted by Crippen LogP contribution is 2.15. The van der Waals surface area contributed by atoms with Gasteiger partial charge in [-0.25, -0.2) is 0 Å². The zero-order chi connectivity index (χ0) is 10.8. The molecule has 0 aliphatic carbocycles. The minimum Gasteiger partial charge on any atom is -0.390 e. The summed E-state index contributed by atoms with van der Waals surface area (Å²) in [5.41, 5.74) is 0.335. The van der Waals surface area contributed by atoms with E-state index in [9.17, 15) is 5.11 Å². The first-order chi connectivity index (χ1) is 6.44. The standard InChI is InChI=1S/C11H20N2O/c1-5-11(4,14)8-10-6-7-13(12-10)9(2)3/h6-7,9,14H,5,8H2,1-4H3. The SMILES string of the molecule is CCC(C)(O)Cc1ccn(C(C)C)n1. The summed E-state index contributed by atoms with van der Waals surface area (Å²) in [7, 11) is 0. The van der Waals surface area contributed by atoms with Crippen molar-refractivity contribution in [3.8, 4) is 0 Å². The van der Waals surface area contributed by atoms with Gasteiger partial charge >= 0.3 is 0 Å². The van der Waals surface area contributed by atoms with Crippen LogP contribution in [-0.4, -0.2) is 20.5 Å². The topological polar surface area (TPSA) is 38.0 Å². The van der Waals surface area contributed by atoms with Crippen LogP contribution < -0.4 is 0 Å². The molecule has 14 heavy (non-hydrogen) atoms. The average molecular weight is 196 g/mol. The van der Waals surface area contributed by atoms with Gasteiger partial charge in [-0.05, 0) is 33.3 Å². The van der Waals surface area contributed by atoms with Crippen LogP contribution in [0.25, 0.3) is 0 Å². The summed E-state index contributed by atoms with van der Waals surface area (Å²) in [4.78, 5) is 0.